The van der Waals surface area contributed by atoms with Crippen LogP contribution in [-0.4, -0.2) is 35.2 Å². The van der Waals surface area contributed by atoms with E-state index in [0.29, 0.717) is 5.92 Å². The molecule has 0 aliphatic heterocycles. The molecule has 2 saturated carbocycles. The number of carboxylic acid groups (broad SMARTS) is 1. The van der Waals surface area contributed by atoms with Crippen molar-refractivity contribution in [3.05, 3.63) is 0 Å². The highest BCUT2D eigenvalue weighted by atomic mass is 32.2. The highest BCUT2D eigenvalue weighted by Crippen LogP contribution is 2.39. The van der Waals surface area contributed by atoms with Gasteiger partial charge in [-0.2, -0.15) is 11.8 Å². The van der Waals surface area contributed by atoms with Gasteiger partial charge in [0.1, 0.15) is 5.54 Å². The van der Waals surface area contributed by atoms with E-state index in [-0.39, 0.29) is 0 Å². The minimum absolute atomic E-state index is 0.311. The summed E-state index contributed by atoms with van der Waals surface area (Å²) in [5.41, 5.74) is -0.645. The Kier molecular flexibility index (Phi) is 5.58. The van der Waals surface area contributed by atoms with E-state index in [9.17, 15) is 9.90 Å². The molecule has 0 amide bonds. The molecule has 110 valence electrons. The zero-order valence-corrected chi connectivity index (χ0v) is 12.8. The van der Waals surface area contributed by atoms with Crippen LogP contribution in [0, 0.1) is 11.8 Å². The number of thioether (sulfide) groups is 1. The molecule has 2 atom stereocenters. The standard InChI is InChI=1S/C15H27NO2S/c1-16-15(14(17)18)9-4-7-13(15)8-10-19-11-12-5-2-3-6-12/h12-13,16H,2-11H2,1H3,(H,17,18). The summed E-state index contributed by atoms with van der Waals surface area (Å²) in [7, 11) is 1.80. The van der Waals surface area contributed by atoms with E-state index in [1.54, 1.807) is 7.05 Å². The fourth-order valence-corrected chi connectivity index (χ4v) is 5.12. The van der Waals surface area contributed by atoms with E-state index in [0.717, 1.165) is 37.4 Å². The first-order valence-electron chi connectivity index (χ1n) is 7.69. The van der Waals surface area contributed by atoms with Gasteiger partial charge in [0.2, 0.25) is 0 Å². The summed E-state index contributed by atoms with van der Waals surface area (Å²) in [6, 6.07) is 0. The summed E-state index contributed by atoms with van der Waals surface area (Å²) in [4.78, 5) is 11.5. The fraction of sp³-hybridized carbons (Fsp3) is 0.933. The lowest BCUT2D eigenvalue weighted by molar-refractivity contribution is -0.146. The Hall–Kier alpha value is -0.220. The van der Waals surface area contributed by atoms with Crippen LogP contribution in [0.2, 0.25) is 0 Å². The van der Waals surface area contributed by atoms with Crippen LogP contribution in [0.5, 0.6) is 0 Å². The molecule has 4 heteroatoms. The fourth-order valence-electron chi connectivity index (χ4n) is 3.84. The van der Waals surface area contributed by atoms with Crippen molar-refractivity contribution < 1.29 is 9.90 Å². The summed E-state index contributed by atoms with van der Waals surface area (Å²) in [6.07, 6.45) is 9.59. The van der Waals surface area contributed by atoms with Crippen LogP contribution >= 0.6 is 11.8 Å². The second kappa shape index (κ2) is 6.98. The minimum Gasteiger partial charge on any atom is -0.480 e. The van der Waals surface area contributed by atoms with E-state index in [1.165, 1.54) is 31.4 Å². The van der Waals surface area contributed by atoms with Crippen molar-refractivity contribution in [3.8, 4) is 0 Å². The summed E-state index contributed by atoms with van der Waals surface area (Å²) in [5, 5.41) is 12.6. The predicted molar refractivity (Wildman–Crippen MR) is 80.7 cm³/mol. The Balaban J connectivity index is 1.73. The van der Waals surface area contributed by atoms with Gasteiger partial charge in [-0.3, -0.25) is 4.79 Å². The number of nitrogens with one attached hydrogen (secondary N) is 1. The van der Waals surface area contributed by atoms with Gasteiger partial charge in [0, 0.05) is 0 Å². The first-order valence-corrected chi connectivity index (χ1v) is 8.84. The lowest BCUT2D eigenvalue weighted by atomic mass is 9.85. The van der Waals surface area contributed by atoms with E-state index in [4.69, 9.17) is 0 Å². The quantitative estimate of drug-likeness (QED) is 0.706. The van der Waals surface area contributed by atoms with E-state index in [1.807, 2.05) is 11.8 Å². The van der Waals surface area contributed by atoms with Gasteiger partial charge in [0.15, 0.2) is 0 Å². The maximum Gasteiger partial charge on any atom is 0.324 e. The topological polar surface area (TPSA) is 49.3 Å². The van der Waals surface area contributed by atoms with Crippen LogP contribution in [0.25, 0.3) is 0 Å². The molecule has 3 nitrogen and oxygen atoms in total. The maximum atomic E-state index is 11.5. The molecule has 0 heterocycles. The number of hydrogen-bond acceptors (Lipinski definition) is 3. The average Bonchev–Trinajstić information content (AvgIpc) is 3.04. The summed E-state index contributed by atoms with van der Waals surface area (Å²) in [6.45, 7) is 0. The van der Waals surface area contributed by atoms with Crippen molar-refractivity contribution in [1.29, 1.82) is 0 Å². The van der Waals surface area contributed by atoms with E-state index < -0.39 is 11.5 Å². The summed E-state index contributed by atoms with van der Waals surface area (Å²) in [5.74, 6) is 3.00. The maximum absolute atomic E-state index is 11.5. The highest BCUT2D eigenvalue weighted by molar-refractivity contribution is 7.99. The number of rotatable bonds is 7. The number of likely N-dealkylation sites (N-methyl/N-ethyl adjacent to an activating group) is 1. The molecule has 2 unspecified atom stereocenters. The van der Waals surface area contributed by atoms with Gasteiger partial charge in [-0.05, 0) is 62.5 Å². The van der Waals surface area contributed by atoms with Crippen molar-refractivity contribution in [2.75, 3.05) is 18.6 Å². The number of carbonyl (C=O) groups is 1. The second-order valence-corrected chi connectivity index (χ2v) is 7.28. The molecule has 0 aromatic rings. The van der Waals surface area contributed by atoms with Crippen LogP contribution in [0.3, 0.4) is 0 Å². The van der Waals surface area contributed by atoms with Gasteiger partial charge in [0.05, 0.1) is 0 Å². The van der Waals surface area contributed by atoms with Gasteiger partial charge < -0.3 is 10.4 Å². The van der Waals surface area contributed by atoms with E-state index in [2.05, 4.69) is 5.32 Å². The molecule has 0 bridgehead atoms. The van der Waals surface area contributed by atoms with Crippen LogP contribution in [0.4, 0.5) is 0 Å². The zero-order chi connectivity index (χ0) is 13.7. The third-order valence-electron chi connectivity index (χ3n) is 5.09. The van der Waals surface area contributed by atoms with Gasteiger partial charge in [-0.1, -0.05) is 19.3 Å². The van der Waals surface area contributed by atoms with Crippen LogP contribution in [-0.2, 0) is 4.79 Å². The highest BCUT2D eigenvalue weighted by Gasteiger charge is 2.47. The largest absolute Gasteiger partial charge is 0.480 e. The first-order chi connectivity index (χ1) is 9.19. The normalized spacial score (nSPS) is 31.9. The second-order valence-electron chi connectivity index (χ2n) is 6.13. The number of hydrogen-bond donors (Lipinski definition) is 2. The molecule has 0 spiro atoms. The molecule has 2 fully saturated rings. The molecule has 0 saturated heterocycles. The van der Waals surface area contributed by atoms with Crippen LogP contribution in [0.1, 0.15) is 51.4 Å². The van der Waals surface area contributed by atoms with Gasteiger partial charge in [0.25, 0.3) is 0 Å². The Labute approximate surface area is 120 Å². The van der Waals surface area contributed by atoms with Crippen molar-refractivity contribution in [1.82, 2.24) is 5.32 Å². The Bertz CT molecular complexity index is 305. The molecule has 2 aliphatic carbocycles. The smallest absolute Gasteiger partial charge is 0.324 e. The monoisotopic (exact) mass is 285 g/mol. The van der Waals surface area contributed by atoms with Gasteiger partial charge in [-0.25, -0.2) is 0 Å². The molecule has 0 aromatic heterocycles. The van der Waals surface area contributed by atoms with Crippen LogP contribution < -0.4 is 5.32 Å². The van der Waals surface area contributed by atoms with Crippen molar-refractivity contribution in [3.63, 3.8) is 0 Å². The Morgan fingerprint density at radius 1 is 1.32 bits per heavy atom. The summed E-state index contributed by atoms with van der Waals surface area (Å²) >= 11 is 2.04. The van der Waals surface area contributed by atoms with Crippen molar-refractivity contribution in [2.24, 2.45) is 11.8 Å². The molecule has 2 rings (SSSR count). The lowest BCUT2D eigenvalue weighted by Gasteiger charge is -2.31. The molecular formula is C15H27NO2S. The zero-order valence-electron chi connectivity index (χ0n) is 12.0. The average molecular weight is 285 g/mol. The minimum atomic E-state index is -0.654. The Morgan fingerprint density at radius 2 is 2.05 bits per heavy atom. The predicted octanol–water partition coefficient (Wildman–Crippen LogP) is 3.14. The molecule has 2 aliphatic rings. The molecule has 2 N–H and O–H groups in total. The molecule has 0 aromatic carbocycles. The van der Waals surface area contributed by atoms with E-state index >= 15 is 0 Å². The van der Waals surface area contributed by atoms with Crippen molar-refractivity contribution in [2.45, 2.75) is 56.9 Å². The third-order valence-corrected chi connectivity index (χ3v) is 6.32. The molecule has 0 radical (unpaired) electrons. The Morgan fingerprint density at radius 3 is 2.68 bits per heavy atom. The van der Waals surface area contributed by atoms with Crippen molar-refractivity contribution >= 4 is 17.7 Å². The molecule has 19 heavy (non-hydrogen) atoms. The van der Waals surface area contributed by atoms with Gasteiger partial charge in [-0.15, -0.1) is 0 Å². The van der Waals surface area contributed by atoms with Gasteiger partial charge >= 0.3 is 5.97 Å². The first kappa shape index (κ1) is 15.2. The molecular weight excluding hydrogens is 258 g/mol. The SMILES string of the molecule is CNC1(C(=O)O)CCCC1CCSCC1CCCC1. The third kappa shape index (κ3) is 3.46. The number of aliphatic carboxylic acids is 1. The van der Waals surface area contributed by atoms with Crippen LogP contribution in [0.15, 0.2) is 0 Å². The summed E-state index contributed by atoms with van der Waals surface area (Å²) < 4.78 is 0. The lowest BCUT2D eigenvalue weighted by Crippen LogP contribution is -2.53. The number of carboxylic acids is 1.